The summed E-state index contributed by atoms with van der Waals surface area (Å²) < 4.78 is 7.34. The molecule has 2 aromatic heterocycles. The molecule has 7 heteroatoms. The van der Waals surface area contributed by atoms with Crippen molar-refractivity contribution in [1.82, 2.24) is 9.38 Å². The lowest BCUT2D eigenvalue weighted by Crippen LogP contribution is -2.16. The van der Waals surface area contributed by atoms with Crippen LogP contribution in [0.2, 0.25) is 0 Å². The van der Waals surface area contributed by atoms with Gasteiger partial charge in [0.1, 0.15) is 12.4 Å². The Kier molecular flexibility index (Phi) is 4.35. The lowest BCUT2D eigenvalue weighted by atomic mass is 10.2. The van der Waals surface area contributed by atoms with Crippen molar-refractivity contribution in [2.24, 2.45) is 0 Å². The van der Waals surface area contributed by atoms with Gasteiger partial charge in [-0.25, -0.2) is 4.98 Å². The molecular formula is C17H17N3O3S. The smallest absolute Gasteiger partial charge is 0.259 e. The fourth-order valence-electron chi connectivity index (χ4n) is 2.38. The van der Waals surface area contributed by atoms with Crippen molar-refractivity contribution in [2.75, 3.05) is 5.32 Å². The molecule has 0 unspecified atom stereocenters. The van der Waals surface area contributed by atoms with Crippen molar-refractivity contribution in [1.29, 1.82) is 0 Å². The molecule has 3 rings (SSSR count). The zero-order valence-electron chi connectivity index (χ0n) is 13.6. The summed E-state index contributed by atoms with van der Waals surface area (Å²) in [6, 6.07) is 7.00. The normalized spacial score (nSPS) is 10.8. The van der Waals surface area contributed by atoms with E-state index in [0.717, 1.165) is 11.3 Å². The second-order valence-electron chi connectivity index (χ2n) is 5.55. The monoisotopic (exact) mass is 343 g/mol. The van der Waals surface area contributed by atoms with E-state index < -0.39 is 0 Å². The van der Waals surface area contributed by atoms with Gasteiger partial charge in [0.05, 0.1) is 11.4 Å². The minimum absolute atomic E-state index is 0.122. The van der Waals surface area contributed by atoms with Crippen molar-refractivity contribution in [3.05, 3.63) is 57.0 Å². The molecule has 0 fully saturated rings. The van der Waals surface area contributed by atoms with E-state index in [9.17, 15) is 9.59 Å². The van der Waals surface area contributed by atoms with Gasteiger partial charge < -0.3 is 10.1 Å². The summed E-state index contributed by atoms with van der Waals surface area (Å²) in [5.41, 5.74) is 2.91. The Hall–Kier alpha value is -2.67. The lowest BCUT2D eigenvalue weighted by Gasteiger charge is -2.12. The number of fused-ring (bicyclic) bond motifs is 1. The number of ether oxygens (including phenoxy) is 1. The number of carbonyl (C=O) groups is 1. The third kappa shape index (κ3) is 3.30. The van der Waals surface area contributed by atoms with Gasteiger partial charge in [0.15, 0.2) is 4.96 Å². The van der Waals surface area contributed by atoms with Crippen LogP contribution in [0, 0.1) is 13.8 Å². The van der Waals surface area contributed by atoms with Crippen molar-refractivity contribution < 1.29 is 9.53 Å². The summed E-state index contributed by atoms with van der Waals surface area (Å²) in [5.74, 6) is 0.373. The van der Waals surface area contributed by atoms with Crippen LogP contribution in [-0.2, 0) is 11.4 Å². The minimum atomic E-state index is -0.169. The average Bonchev–Trinajstić information content (AvgIpc) is 2.87. The van der Waals surface area contributed by atoms with E-state index in [4.69, 9.17) is 4.74 Å². The summed E-state index contributed by atoms with van der Waals surface area (Å²) in [7, 11) is 0. The molecule has 1 amide bonds. The first-order valence-corrected chi connectivity index (χ1v) is 8.30. The molecular weight excluding hydrogens is 326 g/mol. The number of anilines is 1. The maximum Gasteiger partial charge on any atom is 0.259 e. The largest absolute Gasteiger partial charge is 0.485 e. The molecule has 2 heterocycles. The van der Waals surface area contributed by atoms with Crippen molar-refractivity contribution in [3.63, 3.8) is 0 Å². The summed E-state index contributed by atoms with van der Waals surface area (Å²) in [4.78, 5) is 28.6. The maximum absolute atomic E-state index is 12.2. The molecule has 124 valence electrons. The fraction of sp³-hybridized carbons (Fsp3) is 0.235. The van der Waals surface area contributed by atoms with Crippen LogP contribution in [0.1, 0.15) is 23.9 Å². The summed E-state index contributed by atoms with van der Waals surface area (Å²) in [6.45, 7) is 5.40. The quantitative estimate of drug-likeness (QED) is 0.790. The van der Waals surface area contributed by atoms with E-state index in [2.05, 4.69) is 10.3 Å². The molecule has 0 atom stereocenters. The molecule has 0 saturated heterocycles. The molecule has 24 heavy (non-hydrogen) atoms. The molecule has 3 aromatic rings. The Labute approximate surface area is 142 Å². The second kappa shape index (κ2) is 6.45. The average molecular weight is 343 g/mol. The van der Waals surface area contributed by atoms with Crippen LogP contribution >= 0.6 is 11.3 Å². The van der Waals surface area contributed by atoms with E-state index in [1.165, 1.54) is 24.3 Å². The number of nitrogens with one attached hydrogen (secondary N) is 1. The zero-order valence-corrected chi connectivity index (χ0v) is 14.4. The third-order valence-corrected chi connectivity index (χ3v) is 4.39. The van der Waals surface area contributed by atoms with Crippen molar-refractivity contribution in [2.45, 2.75) is 27.4 Å². The number of carbonyl (C=O) groups excluding carboxylic acids is 1. The standard InChI is InChI=1S/C17H17N3O3S/c1-10-4-5-15(14(6-10)18-12(3)21)23-8-13-7-16(22)20-11(2)9-24-17(20)19-13/h4-7,9H,8H2,1-3H3,(H,18,21). The number of benzene rings is 1. The lowest BCUT2D eigenvalue weighted by molar-refractivity contribution is -0.114. The number of nitrogens with zero attached hydrogens (tertiary/aromatic N) is 2. The first kappa shape index (κ1) is 16.2. The fourth-order valence-corrected chi connectivity index (χ4v) is 3.27. The van der Waals surface area contributed by atoms with E-state index in [1.807, 2.05) is 31.4 Å². The van der Waals surface area contributed by atoms with Crippen molar-refractivity contribution in [3.8, 4) is 5.75 Å². The Bertz CT molecular complexity index is 975. The van der Waals surface area contributed by atoms with Gasteiger partial charge in [-0.1, -0.05) is 6.07 Å². The number of rotatable bonds is 4. The molecule has 0 aliphatic carbocycles. The molecule has 6 nitrogen and oxygen atoms in total. The van der Waals surface area contributed by atoms with Crippen LogP contribution in [0.5, 0.6) is 5.75 Å². The van der Waals surface area contributed by atoms with E-state index in [-0.39, 0.29) is 18.1 Å². The van der Waals surface area contributed by atoms with Crippen LogP contribution in [0.25, 0.3) is 4.96 Å². The topological polar surface area (TPSA) is 72.7 Å². The summed E-state index contributed by atoms with van der Waals surface area (Å²) >= 11 is 1.42. The second-order valence-corrected chi connectivity index (χ2v) is 6.39. The van der Waals surface area contributed by atoms with Gasteiger partial charge in [0.25, 0.3) is 5.56 Å². The van der Waals surface area contributed by atoms with Crippen LogP contribution in [0.15, 0.2) is 34.4 Å². The highest BCUT2D eigenvalue weighted by Crippen LogP contribution is 2.26. The predicted molar refractivity (Wildman–Crippen MR) is 93.9 cm³/mol. The van der Waals surface area contributed by atoms with Crippen LogP contribution in [0.3, 0.4) is 0 Å². The highest BCUT2D eigenvalue weighted by Gasteiger charge is 2.09. The maximum atomic E-state index is 12.2. The molecule has 1 aromatic carbocycles. The number of hydrogen-bond donors (Lipinski definition) is 1. The van der Waals surface area contributed by atoms with Crippen LogP contribution in [0.4, 0.5) is 5.69 Å². The Morgan fingerprint density at radius 2 is 2.12 bits per heavy atom. The van der Waals surface area contributed by atoms with Gasteiger partial charge in [-0.2, -0.15) is 0 Å². The molecule has 0 aliphatic heterocycles. The van der Waals surface area contributed by atoms with Gasteiger partial charge in [0, 0.05) is 24.1 Å². The molecule has 0 aliphatic rings. The number of amides is 1. The van der Waals surface area contributed by atoms with Gasteiger partial charge >= 0.3 is 0 Å². The first-order valence-electron chi connectivity index (χ1n) is 7.42. The number of aryl methyl sites for hydroxylation is 2. The van der Waals surface area contributed by atoms with Gasteiger partial charge in [-0.05, 0) is 31.5 Å². The van der Waals surface area contributed by atoms with Gasteiger partial charge in [-0.15, -0.1) is 11.3 Å². The molecule has 0 spiro atoms. The highest BCUT2D eigenvalue weighted by molar-refractivity contribution is 7.15. The Morgan fingerprint density at radius 1 is 1.33 bits per heavy atom. The van der Waals surface area contributed by atoms with E-state index in [0.29, 0.717) is 22.1 Å². The molecule has 1 N–H and O–H groups in total. The highest BCUT2D eigenvalue weighted by atomic mass is 32.1. The van der Waals surface area contributed by atoms with E-state index >= 15 is 0 Å². The first-order chi connectivity index (χ1) is 11.4. The molecule has 0 saturated carbocycles. The van der Waals surface area contributed by atoms with Gasteiger partial charge in [0.2, 0.25) is 5.91 Å². The number of hydrogen-bond acceptors (Lipinski definition) is 5. The van der Waals surface area contributed by atoms with Crippen LogP contribution in [-0.4, -0.2) is 15.3 Å². The molecule has 0 bridgehead atoms. The summed E-state index contributed by atoms with van der Waals surface area (Å²) in [5, 5.41) is 4.64. The SMILES string of the molecule is CC(=O)Nc1cc(C)ccc1OCc1cc(=O)n2c(C)csc2n1. The van der Waals surface area contributed by atoms with Gasteiger partial charge in [-0.3, -0.25) is 14.0 Å². The molecule has 0 radical (unpaired) electrons. The minimum Gasteiger partial charge on any atom is -0.485 e. The predicted octanol–water partition coefficient (Wildman–Crippen LogP) is 2.91. The van der Waals surface area contributed by atoms with Crippen LogP contribution < -0.4 is 15.6 Å². The Morgan fingerprint density at radius 3 is 2.88 bits per heavy atom. The number of thiazole rings is 1. The Balaban J connectivity index is 1.86. The summed E-state index contributed by atoms with van der Waals surface area (Å²) in [6.07, 6.45) is 0. The number of aromatic nitrogens is 2. The zero-order chi connectivity index (χ0) is 17.3. The van der Waals surface area contributed by atoms with Crippen molar-refractivity contribution >= 4 is 27.9 Å². The third-order valence-electron chi connectivity index (χ3n) is 3.45. The van der Waals surface area contributed by atoms with E-state index in [1.54, 1.807) is 10.5 Å².